The Morgan fingerprint density at radius 1 is 1.28 bits per heavy atom. The Kier molecular flexibility index (Phi) is 5.52. The van der Waals surface area contributed by atoms with Crippen LogP contribution in [0.25, 0.3) is 0 Å². The molecule has 0 spiro atoms. The van der Waals surface area contributed by atoms with Gasteiger partial charge in [-0.15, -0.1) is 8.42 Å². The minimum atomic E-state index is -2.70. The summed E-state index contributed by atoms with van der Waals surface area (Å²) in [6, 6.07) is 8.64. The van der Waals surface area contributed by atoms with Gasteiger partial charge < -0.3 is 12.4 Å². The molecular weight excluding hydrogens is 296 g/mol. The molecule has 96 valence electrons. The van der Waals surface area contributed by atoms with Crippen molar-refractivity contribution in [3.05, 3.63) is 35.9 Å². The summed E-state index contributed by atoms with van der Waals surface area (Å²) in [7, 11) is -2.70. The molecule has 8 heteroatoms. The van der Waals surface area contributed by atoms with E-state index in [1.165, 1.54) is 16.3 Å². The Balaban J connectivity index is 0.00000162. The van der Waals surface area contributed by atoms with Crippen LogP contribution in [0.5, 0.6) is 0 Å². The first-order valence-electron chi connectivity index (χ1n) is 4.86. The summed E-state index contributed by atoms with van der Waals surface area (Å²) in [5.41, 5.74) is 0.898. The molecule has 0 unspecified atom stereocenters. The summed E-state index contributed by atoms with van der Waals surface area (Å²) < 4.78 is 25.1. The van der Waals surface area contributed by atoms with E-state index < -0.39 is 16.5 Å². The molecule has 0 saturated heterocycles. The van der Waals surface area contributed by atoms with E-state index in [0.29, 0.717) is 6.54 Å². The lowest BCUT2D eigenvalue weighted by Crippen LogP contribution is -3.00. The fourth-order valence-electron chi connectivity index (χ4n) is 1.53. The molecule has 1 aliphatic rings. The van der Waals surface area contributed by atoms with Crippen LogP contribution < -0.4 is 12.4 Å². The van der Waals surface area contributed by atoms with E-state index in [1.54, 1.807) is 0 Å². The largest absolute Gasteiger partial charge is 1.00 e. The number of thioether (sulfide) groups is 1. The second-order valence-electron chi connectivity index (χ2n) is 3.26. The molecule has 1 aliphatic heterocycles. The standard InChI is InChI=1S/C10H9N2O3S2.ClH/c13-10(11-17(14)15)12-6-7-16-9(12)8-4-2-1-3-5-8;/h1-5H,6-7H2;1H/q+1;/p-1. The zero-order valence-corrected chi connectivity index (χ0v) is 11.5. The highest BCUT2D eigenvalue weighted by atomic mass is 35.5. The third-order valence-electron chi connectivity index (χ3n) is 2.20. The first kappa shape index (κ1) is 14.9. The van der Waals surface area contributed by atoms with Crippen molar-refractivity contribution in [3.63, 3.8) is 0 Å². The molecule has 18 heavy (non-hydrogen) atoms. The van der Waals surface area contributed by atoms with Crippen LogP contribution in [-0.2, 0) is 10.5 Å². The van der Waals surface area contributed by atoms with Crippen molar-refractivity contribution in [3.8, 4) is 0 Å². The van der Waals surface area contributed by atoms with Crippen molar-refractivity contribution in [2.75, 3.05) is 12.3 Å². The molecule has 0 saturated carbocycles. The summed E-state index contributed by atoms with van der Waals surface area (Å²) in [6.07, 6.45) is 0. The molecule has 1 heterocycles. The minimum Gasteiger partial charge on any atom is -1.00 e. The summed E-state index contributed by atoms with van der Waals surface area (Å²) in [5.74, 6) is 0.747. The second-order valence-corrected chi connectivity index (χ2v) is 4.96. The van der Waals surface area contributed by atoms with E-state index in [-0.39, 0.29) is 12.4 Å². The molecule has 0 aliphatic carbocycles. The van der Waals surface area contributed by atoms with E-state index in [2.05, 4.69) is 4.36 Å². The van der Waals surface area contributed by atoms with Crippen molar-refractivity contribution in [2.45, 2.75) is 0 Å². The van der Waals surface area contributed by atoms with E-state index in [0.717, 1.165) is 16.4 Å². The normalized spacial score (nSPS) is 14.0. The van der Waals surface area contributed by atoms with Gasteiger partial charge in [0.05, 0.1) is 0 Å². The number of halogens is 1. The van der Waals surface area contributed by atoms with Gasteiger partial charge in [-0.25, -0.2) is 0 Å². The van der Waals surface area contributed by atoms with Crippen molar-refractivity contribution in [1.29, 1.82) is 0 Å². The Morgan fingerprint density at radius 2 is 1.94 bits per heavy atom. The van der Waals surface area contributed by atoms with Gasteiger partial charge in [0.15, 0.2) is 5.04 Å². The second kappa shape index (κ2) is 6.67. The molecule has 1 aromatic carbocycles. The van der Waals surface area contributed by atoms with Gasteiger partial charge in [0, 0.05) is 11.3 Å². The highest BCUT2D eigenvalue weighted by molar-refractivity contribution is 8.14. The first-order chi connectivity index (χ1) is 8.18. The fourth-order valence-corrected chi connectivity index (χ4v) is 2.85. The Bertz CT molecular complexity index is 603. The van der Waals surface area contributed by atoms with Gasteiger partial charge in [-0.2, -0.15) is 9.37 Å². The predicted molar refractivity (Wildman–Crippen MR) is 64.9 cm³/mol. The van der Waals surface area contributed by atoms with E-state index in [1.807, 2.05) is 30.3 Å². The Labute approximate surface area is 116 Å². The number of benzene rings is 1. The minimum absolute atomic E-state index is 0. The third kappa shape index (κ3) is 3.41. The van der Waals surface area contributed by atoms with Crippen LogP contribution in [0.1, 0.15) is 5.56 Å². The lowest BCUT2D eigenvalue weighted by molar-refractivity contribution is -0.413. The maximum atomic E-state index is 11.6. The average Bonchev–Trinajstić information content (AvgIpc) is 2.78. The van der Waals surface area contributed by atoms with Gasteiger partial charge >= 0.3 is 16.5 Å². The number of urea groups is 1. The van der Waals surface area contributed by atoms with Crippen LogP contribution in [0.3, 0.4) is 0 Å². The lowest BCUT2D eigenvalue weighted by Gasteiger charge is -1.98. The molecule has 0 N–H and O–H groups in total. The number of carbonyl (C=O) groups excluding carboxylic acids is 1. The quantitative estimate of drug-likeness (QED) is 0.585. The smallest absolute Gasteiger partial charge is 0.558 e. The number of nitrogens with zero attached hydrogens (tertiary/aromatic N) is 2. The summed E-state index contributed by atoms with van der Waals surface area (Å²) in [6.45, 7) is 0.481. The molecule has 0 aromatic heterocycles. The Hall–Kier alpha value is -1.18. The predicted octanol–water partition coefficient (Wildman–Crippen LogP) is -1.62. The van der Waals surface area contributed by atoms with E-state index >= 15 is 0 Å². The van der Waals surface area contributed by atoms with Crippen LogP contribution in [0, 0.1) is 0 Å². The number of hydrogen-bond donors (Lipinski definition) is 0. The molecule has 5 nitrogen and oxygen atoms in total. The van der Waals surface area contributed by atoms with Crippen LogP contribution in [0.15, 0.2) is 34.7 Å². The summed E-state index contributed by atoms with van der Waals surface area (Å²) >= 11 is 1.52. The van der Waals surface area contributed by atoms with Crippen LogP contribution in [0.2, 0.25) is 0 Å². The number of hydrogen-bond acceptors (Lipinski definition) is 4. The zero-order valence-electron chi connectivity index (χ0n) is 9.11. The van der Waals surface area contributed by atoms with Crippen molar-refractivity contribution in [2.24, 2.45) is 4.36 Å². The van der Waals surface area contributed by atoms with Gasteiger partial charge in [-0.3, -0.25) is 0 Å². The third-order valence-corrected chi connectivity index (χ3v) is 3.62. The molecule has 0 fully saturated rings. The molecule has 2 amide bonds. The van der Waals surface area contributed by atoms with Gasteiger partial charge in [-0.05, 0) is 0 Å². The number of amides is 2. The SMILES string of the molecule is O=C(N=S(=O)=O)[N+]1=C(c2ccccc2)SCC1.[Cl-]. The highest BCUT2D eigenvalue weighted by Gasteiger charge is 2.28. The van der Waals surface area contributed by atoms with Gasteiger partial charge in [0.2, 0.25) is 0 Å². The maximum absolute atomic E-state index is 11.6. The molecule has 0 atom stereocenters. The Morgan fingerprint density at radius 3 is 2.56 bits per heavy atom. The van der Waals surface area contributed by atoms with Crippen LogP contribution in [-0.4, -0.2) is 36.4 Å². The maximum Gasteiger partial charge on any atom is 0.558 e. The molecule has 0 radical (unpaired) electrons. The number of rotatable bonds is 1. The monoisotopic (exact) mass is 304 g/mol. The molecule has 1 aromatic rings. The van der Waals surface area contributed by atoms with Crippen molar-refractivity contribution >= 4 is 33.3 Å². The van der Waals surface area contributed by atoms with Crippen molar-refractivity contribution in [1.82, 2.24) is 0 Å². The number of carbonyl (C=O) groups is 1. The molecule has 2 rings (SSSR count). The average molecular weight is 305 g/mol. The fraction of sp³-hybridized carbons (Fsp3) is 0.200. The lowest BCUT2D eigenvalue weighted by atomic mass is 10.2. The highest BCUT2D eigenvalue weighted by Crippen LogP contribution is 2.19. The first-order valence-corrected chi connectivity index (χ1v) is 6.88. The van der Waals surface area contributed by atoms with Crippen LogP contribution in [0.4, 0.5) is 4.79 Å². The zero-order chi connectivity index (χ0) is 12.3. The van der Waals surface area contributed by atoms with Crippen molar-refractivity contribution < 1.29 is 30.2 Å². The summed E-state index contributed by atoms with van der Waals surface area (Å²) in [4.78, 5) is 11.6. The van der Waals surface area contributed by atoms with Gasteiger partial charge in [-0.1, -0.05) is 42.1 Å². The molecular formula is C10H9ClN2O3S2. The molecule has 0 bridgehead atoms. The summed E-state index contributed by atoms with van der Waals surface area (Å²) in [5, 5.41) is 0.754. The van der Waals surface area contributed by atoms with Crippen LogP contribution >= 0.6 is 11.8 Å². The van der Waals surface area contributed by atoms with Gasteiger partial charge in [0.25, 0.3) is 0 Å². The van der Waals surface area contributed by atoms with Gasteiger partial charge in [0.1, 0.15) is 10.9 Å². The van der Waals surface area contributed by atoms with E-state index in [9.17, 15) is 13.2 Å². The van der Waals surface area contributed by atoms with E-state index in [4.69, 9.17) is 0 Å². The topological polar surface area (TPSA) is 66.6 Å².